The summed E-state index contributed by atoms with van der Waals surface area (Å²) in [5, 5.41) is 22.8. The minimum Gasteiger partial charge on any atom is -0.321 e. The molecule has 2 aromatic carbocycles. The second-order valence-corrected chi connectivity index (χ2v) is 4.91. The number of hydrogen-bond donors (Lipinski definition) is 1. The summed E-state index contributed by atoms with van der Waals surface area (Å²) >= 11 is 5.77. The van der Waals surface area contributed by atoms with Crippen LogP contribution in [0.1, 0.15) is 11.1 Å². The summed E-state index contributed by atoms with van der Waals surface area (Å²) in [4.78, 5) is 21.9. The van der Waals surface area contributed by atoms with Crippen LogP contribution < -0.4 is 5.32 Å². The summed E-state index contributed by atoms with van der Waals surface area (Å²) in [6, 6.07) is 12.4. The number of amides is 1. The number of hydrogen-bond acceptors (Lipinski definition) is 4. The maximum Gasteiger partial charge on any atom is 0.270 e. The Labute approximate surface area is 136 Å². The molecular formula is C16H10ClN3O3. The van der Waals surface area contributed by atoms with Crippen LogP contribution in [0.4, 0.5) is 11.4 Å². The van der Waals surface area contributed by atoms with Crippen molar-refractivity contribution in [1.82, 2.24) is 0 Å². The molecule has 0 spiro atoms. The zero-order chi connectivity index (χ0) is 16.8. The number of carbonyl (C=O) groups excluding carboxylic acids is 1. The monoisotopic (exact) mass is 327 g/mol. The summed E-state index contributed by atoms with van der Waals surface area (Å²) in [6.45, 7) is 0. The Morgan fingerprint density at radius 1 is 1.26 bits per heavy atom. The third-order valence-corrected chi connectivity index (χ3v) is 3.14. The summed E-state index contributed by atoms with van der Waals surface area (Å²) < 4.78 is 0. The predicted molar refractivity (Wildman–Crippen MR) is 86.9 cm³/mol. The van der Waals surface area contributed by atoms with Crippen LogP contribution in [-0.4, -0.2) is 10.8 Å². The fraction of sp³-hybridized carbons (Fsp3) is 0. The van der Waals surface area contributed by atoms with Gasteiger partial charge < -0.3 is 5.32 Å². The van der Waals surface area contributed by atoms with Gasteiger partial charge in [-0.1, -0.05) is 23.7 Å². The molecule has 1 amide bonds. The minimum absolute atomic E-state index is 0.0208. The standard InChI is InChI=1S/C16H10ClN3O3/c17-13-4-1-11(2-5-13)3-8-16(21)19-15-7-6-14(20(22)23)9-12(15)10-18/h1-9H,(H,19,21)/b8-3+. The zero-order valence-electron chi connectivity index (χ0n) is 11.7. The van der Waals surface area contributed by atoms with Crippen molar-refractivity contribution >= 4 is 35.0 Å². The van der Waals surface area contributed by atoms with Crippen LogP contribution in [0.15, 0.2) is 48.5 Å². The number of halogens is 1. The zero-order valence-corrected chi connectivity index (χ0v) is 12.4. The van der Waals surface area contributed by atoms with E-state index < -0.39 is 10.8 Å². The molecule has 7 heteroatoms. The molecular weight excluding hydrogens is 318 g/mol. The number of benzene rings is 2. The summed E-state index contributed by atoms with van der Waals surface area (Å²) in [5.41, 5.74) is 0.807. The van der Waals surface area contributed by atoms with Crippen LogP contribution in [0.3, 0.4) is 0 Å². The van der Waals surface area contributed by atoms with E-state index in [1.165, 1.54) is 18.2 Å². The molecule has 0 fully saturated rings. The number of anilines is 1. The summed E-state index contributed by atoms with van der Waals surface area (Å²) in [5.74, 6) is -0.453. The molecule has 0 aliphatic rings. The maximum atomic E-state index is 11.9. The van der Waals surface area contributed by atoms with Crippen LogP contribution in [0.2, 0.25) is 5.02 Å². The molecule has 0 saturated carbocycles. The van der Waals surface area contributed by atoms with E-state index in [0.29, 0.717) is 5.02 Å². The second kappa shape index (κ2) is 7.20. The smallest absolute Gasteiger partial charge is 0.270 e. The molecule has 0 saturated heterocycles. The molecule has 0 bridgehead atoms. The average molecular weight is 328 g/mol. The highest BCUT2D eigenvalue weighted by atomic mass is 35.5. The molecule has 114 valence electrons. The molecule has 2 aromatic rings. The topological polar surface area (TPSA) is 96.0 Å². The first kappa shape index (κ1) is 16.2. The largest absolute Gasteiger partial charge is 0.321 e. The van der Waals surface area contributed by atoms with Gasteiger partial charge in [-0.3, -0.25) is 14.9 Å². The number of nitro groups is 1. The van der Waals surface area contributed by atoms with Gasteiger partial charge in [0.05, 0.1) is 16.2 Å². The molecule has 23 heavy (non-hydrogen) atoms. The first-order valence-electron chi connectivity index (χ1n) is 6.43. The first-order chi connectivity index (χ1) is 11.0. The van der Waals surface area contributed by atoms with Crippen molar-refractivity contribution < 1.29 is 9.72 Å². The van der Waals surface area contributed by atoms with Gasteiger partial charge in [0.25, 0.3) is 5.69 Å². The van der Waals surface area contributed by atoms with Gasteiger partial charge in [-0.25, -0.2) is 0 Å². The molecule has 0 heterocycles. The number of non-ortho nitro benzene ring substituents is 1. The van der Waals surface area contributed by atoms with Crippen LogP contribution in [0, 0.1) is 21.4 Å². The van der Waals surface area contributed by atoms with E-state index in [-0.39, 0.29) is 16.9 Å². The van der Waals surface area contributed by atoms with Crippen molar-refractivity contribution in [1.29, 1.82) is 5.26 Å². The van der Waals surface area contributed by atoms with Crippen LogP contribution >= 0.6 is 11.6 Å². The van der Waals surface area contributed by atoms with Gasteiger partial charge in [0.15, 0.2) is 0 Å². The highest BCUT2D eigenvalue weighted by Crippen LogP contribution is 2.21. The minimum atomic E-state index is -0.604. The van der Waals surface area contributed by atoms with Gasteiger partial charge in [-0.15, -0.1) is 0 Å². The lowest BCUT2D eigenvalue weighted by Gasteiger charge is -2.04. The van der Waals surface area contributed by atoms with Crippen molar-refractivity contribution in [3.05, 3.63) is 74.8 Å². The third kappa shape index (κ3) is 4.40. The maximum absolute atomic E-state index is 11.9. The highest BCUT2D eigenvalue weighted by Gasteiger charge is 2.11. The van der Waals surface area contributed by atoms with E-state index in [0.717, 1.165) is 11.6 Å². The van der Waals surface area contributed by atoms with E-state index in [4.69, 9.17) is 16.9 Å². The molecule has 0 unspecified atom stereocenters. The quantitative estimate of drug-likeness (QED) is 0.525. The Morgan fingerprint density at radius 3 is 2.57 bits per heavy atom. The van der Waals surface area contributed by atoms with Crippen LogP contribution in [0.5, 0.6) is 0 Å². The van der Waals surface area contributed by atoms with E-state index in [1.807, 2.05) is 6.07 Å². The lowest BCUT2D eigenvalue weighted by Crippen LogP contribution is -2.09. The van der Waals surface area contributed by atoms with Crippen molar-refractivity contribution in [3.8, 4) is 6.07 Å². The Balaban J connectivity index is 2.12. The number of nitrogens with zero attached hydrogens (tertiary/aromatic N) is 2. The van der Waals surface area contributed by atoms with Crippen molar-refractivity contribution in [2.45, 2.75) is 0 Å². The molecule has 0 radical (unpaired) electrons. The van der Waals surface area contributed by atoms with Crippen LogP contribution in [0.25, 0.3) is 6.08 Å². The van der Waals surface area contributed by atoms with Crippen LogP contribution in [-0.2, 0) is 4.79 Å². The van der Waals surface area contributed by atoms with Crippen molar-refractivity contribution in [3.63, 3.8) is 0 Å². The third-order valence-electron chi connectivity index (χ3n) is 2.89. The molecule has 0 aromatic heterocycles. The van der Waals surface area contributed by atoms with Crippen molar-refractivity contribution in [2.75, 3.05) is 5.32 Å². The number of nitro benzene ring substituents is 1. The average Bonchev–Trinajstić information content (AvgIpc) is 2.54. The Kier molecular flexibility index (Phi) is 5.07. The lowest BCUT2D eigenvalue weighted by atomic mass is 10.1. The van der Waals surface area contributed by atoms with Gasteiger partial charge in [0.2, 0.25) is 5.91 Å². The van der Waals surface area contributed by atoms with Crippen molar-refractivity contribution in [2.24, 2.45) is 0 Å². The Hall–Kier alpha value is -3.17. The first-order valence-corrected chi connectivity index (χ1v) is 6.80. The fourth-order valence-corrected chi connectivity index (χ4v) is 1.89. The fourth-order valence-electron chi connectivity index (χ4n) is 1.77. The number of rotatable bonds is 4. The number of carbonyl (C=O) groups is 1. The number of nitrogens with one attached hydrogen (secondary N) is 1. The Bertz CT molecular complexity index is 823. The van der Waals surface area contributed by atoms with E-state index in [1.54, 1.807) is 30.3 Å². The molecule has 1 N–H and O–H groups in total. The van der Waals surface area contributed by atoms with E-state index in [9.17, 15) is 14.9 Å². The highest BCUT2D eigenvalue weighted by molar-refractivity contribution is 6.30. The molecule has 0 aliphatic carbocycles. The molecule has 6 nitrogen and oxygen atoms in total. The molecule has 2 rings (SSSR count). The van der Waals surface area contributed by atoms with Gasteiger partial charge in [0, 0.05) is 23.2 Å². The van der Waals surface area contributed by atoms with Gasteiger partial charge in [-0.05, 0) is 29.8 Å². The summed E-state index contributed by atoms with van der Waals surface area (Å²) in [7, 11) is 0. The van der Waals surface area contributed by atoms with E-state index >= 15 is 0 Å². The normalized spacial score (nSPS) is 10.3. The second-order valence-electron chi connectivity index (χ2n) is 4.47. The SMILES string of the molecule is N#Cc1cc([N+](=O)[O-])ccc1NC(=O)/C=C/c1ccc(Cl)cc1. The number of nitriles is 1. The van der Waals surface area contributed by atoms with Gasteiger partial charge >= 0.3 is 0 Å². The molecule has 0 atom stereocenters. The van der Waals surface area contributed by atoms with Gasteiger partial charge in [-0.2, -0.15) is 5.26 Å². The van der Waals surface area contributed by atoms with Gasteiger partial charge in [0.1, 0.15) is 6.07 Å². The predicted octanol–water partition coefficient (Wildman–Crippen LogP) is 3.77. The summed E-state index contributed by atoms with van der Waals surface area (Å²) in [6.07, 6.45) is 2.88. The van der Waals surface area contributed by atoms with E-state index in [2.05, 4.69) is 5.32 Å². The molecule has 0 aliphatic heterocycles. The Morgan fingerprint density at radius 2 is 1.96 bits per heavy atom. The lowest BCUT2D eigenvalue weighted by molar-refractivity contribution is -0.384.